The minimum absolute atomic E-state index is 0.0170. The Balaban J connectivity index is 2.40. The van der Waals surface area contributed by atoms with E-state index in [0.29, 0.717) is 11.5 Å². The molecule has 2 aromatic rings. The van der Waals surface area contributed by atoms with E-state index in [1.54, 1.807) is 18.2 Å². The topological polar surface area (TPSA) is 73.4 Å². The molecule has 1 N–H and O–H groups in total. The summed E-state index contributed by atoms with van der Waals surface area (Å²) < 4.78 is 15.6. The Morgan fingerprint density at radius 3 is 2.50 bits per heavy atom. The molecule has 0 amide bonds. The fourth-order valence-electron chi connectivity index (χ4n) is 1.43. The third-order valence-electron chi connectivity index (χ3n) is 2.26. The van der Waals surface area contributed by atoms with Crippen molar-refractivity contribution in [1.82, 2.24) is 9.97 Å². The average Bonchev–Trinajstić information content (AvgIpc) is 2.40. The summed E-state index contributed by atoms with van der Waals surface area (Å²) in [6.45, 7) is 0. The summed E-state index contributed by atoms with van der Waals surface area (Å²) in [5.74, 6) is 1.10. The predicted octanol–water partition coefficient (Wildman–Crippen LogP) is 1.58. The fraction of sp³-hybridized carbons (Fsp3) is 0.167. The molecule has 1 heterocycles. The Morgan fingerprint density at radius 2 is 1.83 bits per heavy atom. The largest absolute Gasteiger partial charge is 0.493 e. The Hall–Kier alpha value is -2.50. The first-order chi connectivity index (χ1) is 8.76. The van der Waals surface area contributed by atoms with Crippen LogP contribution in [0.15, 0.2) is 35.4 Å². The van der Waals surface area contributed by atoms with Crippen LogP contribution in [0.5, 0.6) is 23.1 Å². The van der Waals surface area contributed by atoms with Crippen molar-refractivity contribution < 1.29 is 14.2 Å². The minimum Gasteiger partial charge on any atom is -0.493 e. The van der Waals surface area contributed by atoms with E-state index in [-0.39, 0.29) is 11.6 Å². The molecular weight excluding hydrogens is 236 g/mol. The molecule has 1 aromatic heterocycles. The van der Waals surface area contributed by atoms with Gasteiger partial charge in [-0.1, -0.05) is 12.1 Å². The van der Waals surface area contributed by atoms with Gasteiger partial charge in [0.25, 0.3) is 11.4 Å². The van der Waals surface area contributed by atoms with Crippen LogP contribution >= 0.6 is 0 Å². The van der Waals surface area contributed by atoms with Crippen LogP contribution in [0.2, 0.25) is 0 Å². The van der Waals surface area contributed by atoms with Gasteiger partial charge in [-0.15, -0.1) is 0 Å². The Kier molecular flexibility index (Phi) is 3.47. The number of hydrogen-bond acceptors (Lipinski definition) is 5. The van der Waals surface area contributed by atoms with Crippen LogP contribution in [0.1, 0.15) is 0 Å². The van der Waals surface area contributed by atoms with Crippen molar-refractivity contribution in [3.8, 4) is 23.1 Å². The van der Waals surface area contributed by atoms with E-state index in [2.05, 4.69) is 9.97 Å². The van der Waals surface area contributed by atoms with Gasteiger partial charge in [0.1, 0.15) is 0 Å². The van der Waals surface area contributed by atoms with Crippen LogP contribution in [0, 0.1) is 0 Å². The van der Waals surface area contributed by atoms with Crippen LogP contribution in [0.4, 0.5) is 0 Å². The fourth-order valence-corrected chi connectivity index (χ4v) is 1.43. The minimum atomic E-state index is -0.405. The predicted molar refractivity (Wildman–Crippen MR) is 64.5 cm³/mol. The third-order valence-corrected chi connectivity index (χ3v) is 2.26. The second-order valence-corrected chi connectivity index (χ2v) is 3.32. The molecule has 0 radical (unpaired) electrons. The molecule has 0 spiro atoms. The molecule has 0 saturated carbocycles. The van der Waals surface area contributed by atoms with Crippen LogP contribution < -0.4 is 19.8 Å². The summed E-state index contributed by atoms with van der Waals surface area (Å²) in [6, 6.07) is 7.06. The molecule has 0 atom stereocenters. The SMILES string of the molecule is COc1ccccc1Oc1nc[nH]c(=O)c1OC. The zero-order valence-corrected chi connectivity index (χ0v) is 9.97. The molecule has 0 saturated heterocycles. The Morgan fingerprint density at radius 1 is 1.11 bits per heavy atom. The smallest absolute Gasteiger partial charge is 0.297 e. The number of nitrogens with one attached hydrogen (secondary N) is 1. The van der Waals surface area contributed by atoms with Crippen LogP contribution in [0.3, 0.4) is 0 Å². The van der Waals surface area contributed by atoms with E-state index in [1.807, 2.05) is 6.07 Å². The maximum Gasteiger partial charge on any atom is 0.297 e. The zero-order valence-electron chi connectivity index (χ0n) is 9.97. The number of hydrogen-bond donors (Lipinski definition) is 1. The lowest BCUT2D eigenvalue weighted by molar-refractivity contribution is 0.344. The van der Waals surface area contributed by atoms with Crippen molar-refractivity contribution in [2.45, 2.75) is 0 Å². The van der Waals surface area contributed by atoms with Gasteiger partial charge in [0.15, 0.2) is 11.5 Å². The van der Waals surface area contributed by atoms with Gasteiger partial charge in [-0.05, 0) is 12.1 Å². The standard InChI is InChI=1S/C12H12N2O4/c1-16-8-5-3-4-6-9(8)18-12-10(17-2)11(15)13-7-14-12/h3-7H,1-2H3,(H,13,14,15). The summed E-state index contributed by atoms with van der Waals surface area (Å²) in [6.07, 6.45) is 1.25. The van der Waals surface area contributed by atoms with Crippen molar-refractivity contribution in [2.75, 3.05) is 14.2 Å². The summed E-state index contributed by atoms with van der Waals surface area (Å²) in [7, 11) is 2.91. The maximum absolute atomic E-state index is 11.5. The van der Waals surface area contributed by atoms with Gasteiger partial charge < -0.3 is 19.2 Å². The van der Waals surface area contributed by atoms with Crippen molar-refractivity contribution >= 4 is 0 Å². The van der Waals surface area contributed by atoms with Crippen molar-refractivity contribution in [1.29, 1.82) is 0 Å². The number of nitrogens with zero attached hydrogens (tertiary/aromatic N) is 1. The van der Waals surface area contributed by atoms with E-state index < -0.39 is 5.56 Å². The number of aromatic amines is 1. The highest BCUT2D eigenvalue weighted by Gasteiger charge is 2.13. The lowest BCUT2D eigenvalue weighted by Gasteiger charge is -2.10. The van der Waals surface area contributed by atoms with E-state index in [1.165, 1.54) is 20.5 Å². The first-order valence-electron chi connectivity index (χ1n) is 5.18. The zero-order chi connectivity index (χ0) is 13.0. The van der Waals surface area contributed by atoms with Gasteiger partial charge in [0, 0.05) is 0 Å². The van der Waals surface area contributed by atoms with Crippen LogP contribution in [0.25, 0.3) is 0 Å². The summed E-state index contributed by atoms with van der Waals surface area (Å²) in [5.41, 5.74) is -0.405. The molecule has 18 heavy (non-hydrogen) atoms. The van der Waals surface area contributed by atoms with Crippen LogP contribution in [-0.4, -0.2) is 24.2 Å². The summed E-state index contributed by atoms with van der Waals surface area (Å²) in [4.78, 5) is 17.8. The van der Waals surface area contributed by atoms with Crippen molar-refractivity contribution in [2.24, 2.45) is 0 Å². The highest BCUT2D eigenvalue weighted by molar-refractivity contribution is 5.43. The molecule has 2 rings (SSSR count). The third kappa shape index (κ3) is 2.27. The quantitative estimate of drug-likeness (QED) is 0.889. The normalized spacial score (nSPS) is 9.89. The molecule has 94 valence electrons. The molecule has 0 fully saturated rings. The number of methoxy groups -OCH3 is 2. The second-order valence-electron chi connectivity index (χ2n) is 3.32. The molecular formula is C12H12N2O4. The lowest BCUT2D eigenvalue weighted by atomic mass is 10.3. The van der Waals surface area contributed by atoms with Gasteiger partial charge in [-0.25, -0.2) is 4.98 Å². The average molecular weight is 248 g/mol. The van der Waals surface area contributed by atoms with Gasteiger partial charge in [0.05, 0.1) is 20.5 Å². The first-order valence-corrected chi connectivity index (χ1v) is 5.18. The molecule has 0 bridgehead atoms. The van der Waals surface area contributed by atoms with Crippen molar-refractivity contribution in [3.63, 3.8) is 0 Å². The molecule has 6 heteroatoms. The van der Waals surface area contributed by atoms with Crippen molar-refractivity contribution in [3.05, 3.63) is 40.9 Å². The van der Waals surface area contributed by atoms with E-state index in [9.17, 15) is 4.79 Å². The molecule has 0 aliphatic carbocycles. The number of para-hydroxylation sites is 2. The molecule has 0 unspecified atom stereocenters. The maximum atomic E-state index is 11.5. The number of rotatable bonds is 4. The van der Waals surface area contributed by atoms with Gasteiger partial charge >= 0.3 is 0 Å². The van der Waals surface area contributed by atoms with Gasteiger partial charge in [-0.2, -0.15) is 0 Å². The molecule has 1 aromatic carbocycles. The van der Waals surface area contributed by atoms with E-state index >= 15 is 0 Å². The molecule has 0 aliphatic rings. The first kappa shape index (κ1) is 12.0. The van der Waals surface area contributed by atoms with Gasteiger partial charge in [-0.3, -0.25) is 4.79 Å². The Labute approximate surface area is 103 Å². The lowest BCUT2D eigenvalue weighted by Crippen LogP contribution is -2.11. The second kappa shape index (κ2) is 5.22. The summed E-state index contributed by atoms with van der Waals surface area (Å²) >= 11 is 0. The highest BCUT2D eigenvalue weighted by Crippen LogP contribution is 2.32. The Bertz CT molecular complexity index is 595. The highest BCUT2D eigenvalue weighted by atomic mass is 16.5. The molecule has 0 aliphatic heterocycles. The molecule has 6 nitrogen and oxygen atoms in total. The monoisotopic (exact) mass is 248 g/mol. The number of H-pyrrole nitrogens is 1. The van der Waals surface area contributed by atoms with Gasteiger partial charge in [0.2, 0.25) is 5.75 Å². The van der Waals surface area contributed by atoms with E-state index in [0.717, 1.165) is 0 Å². The number of benzene rings is 1. The van der Waals surface area contributed by atoms with Crippen LogP contribution in [-0.2, 0) is 0 Å². The summed E-state index contributed by atoms with van der Waals surface area (Å²) in [5, 5.41) is 0. The number of ether oxygens (including phenoxy) is 3. The number of aromatic nitrogens is 2. The van der Waals surface area contributed by atoms with E-state index in [4.69, 9.17) is 14.2 Å².